The minimum atomic E-state index is -0.857. The number of carbonyl (C=O) groups is 1. The van der Waals surface area contributed by atoms with Crippen molar-refractivity contribution in [1.82, 2.24) is 9.88 Å². The topological polar surface area (TPSA) is 93.2 Å². The van der Waals surface area contributed by atoms with Gasteiger partial charge in [-0.05, 0) is 80.7 Å². The molecule has 1 saturated heterocycles. The molecule has 3 aliphatic rings. The lowest BCUT2D eigenvalue weighted by atomic mass is 9.98. The monoisotopic (exact) mass is 537 g/mol. The second kappa shape index (κ2) is 12.7. The first-order valence-corrected chi connectivity index (χ1v) is 14.5. The molecular weight excluding hydrogens is 494 g/mol. The number of aliphatic carboxylic acids is 1. The lowest BCUT2D eigenvalue weighted by Gasteiger charge is -2.27. The van der Waals surface area contributed by atoms with E-state index >= 15 is 0 Å². The van der Waals surface area contributed by atoms with E-state index in [9.17, 15) is 9.90 Å². The van der Waals surface area contributed by atoms with Gasteiger partial charge in [0.05, 0.1) is 18.8 Å². The zero-order chi connectivity index (χ0) is 27.2. The third-order valence-electron chi connectivity index (χ3n) is 8.51. The standard InChI is InChI=1S/C31H43N3O5/c1-37-27-12-9-22(20-31(38-2)14-15-31)19-26(27)28(30(35)36)34-17-13-25(21-34)39-18-5-3-4-8-24-11-10-23-7-6-16-32-29(23)33-24/h9-12,19,25,28H,3-8,13-18,20-21H2,1-2H3,(H,32,33)(H,35,36)/t25-,28?/m1/s1. The van der Waals surface area contributed by atoms with Gasteiger partial charge in [0, 0.05) is 51.0 Å². The van der Waals surface area contributed by atoms with E-state index < -0.39 is 12.0 Å². The second-order valence-electron chi connectivity index (χ2n) is 11.3. The van der Waals surface area contributed by atoms with Crippen molar-refractivity contribution < 1.29 is 24.1 Å². The summed E-state index contributed by atoms with van der Waals surface area (Å²) in [6.07, 6.45) is 10.2. The van der Waals surface area contributed by atoms with Crippen molar-refractivity contribution in [2.45, 2.75) is 82.0 Å². The average molecular weight is 538 g/mol. The van der Waals surface area contributed by atoms with Gasteiger partial charge in [0.2, 0.25) is 0 Å². The predicted octanol–water partition coefficient (Wildman–Crippen LogP) is 4.80. The van der Waals surface area contributed by atoms with Crippen LogP contribution in [0.4, 0.5) is 5.82 Å². The van der Waals surface area contributed by atoms with Crippen molar-refractivity contribution in [2.24, 2.45) is 0 Å². The molecule has 0 spiro atoms. The van der Waals surface area contributed by atoms with Gasteiger partial charge in [-0.25, -0.2) is 4.98 Å². The number of carboxylic acid groups (broad SMARTS) is 1. The fourth-order valence-corrected chi connectivity index (χ4v) is 6.03. The van der Waals surface area contributed by atoms with Crippen LogP contribution in [0.1, 0.15) is 73.4 Å². The molecule has 0 bridgehead atoms. The molecule has 0 amide bonds. The SMILES string of the molecule is COc1ccc(CC2(OC)CC2)cc1C(C(=O)O)N1CC[C@@H](OCCCCCc2ccc3c(n2)NCCC3)C1. The molecule has 5 rings (SSSR count). The molecule has 0 radical (unpaired) electrons. The van der Waals surface area contributed by atoms with Crippen molar-refractivity contribution in [1.29, 1.82) is 0 Å². The van der Waals surface area contributed by atoms with E-state index in [4.69, 9.17) is 19.2 Å². The van der Waals surface area contributed by atoms with Crippen LogP contribution in [0, 0.1) is 0 Å². The van der Waals surface area contributed by atoms with Gasteiger partial charge < -0.3 is 24.6 Å². The van der Waals surface area contributed by atoms with Gasteiger partial charge in [-0.3, -0.25) is 9.69 Å². The Morgan fingerprint density at radius 3 is 2.85 bits per heavy atom. The van der Waals surface area contributed by atoms with E-state index in [0.29, 0.717) is 31.0 Å². The first-order valence-electron chi connectivity index (χ1n) is 14.5. The number of rotatable bonds is 14. The molecule has 2 aromatic rings. The summed E-state index contributed by atoms with van der Waals surface area (Å²) in [4.78, 5) is 19.3. The predicted molar refractivity (Wildman–Crippen MR) is 151 cm³/mol. The molecule has 212 valence electrons. The maximum Gasteiger partial charge on any atom is 0.325 e. The van der Waals surface area contributed by atoms with E-state index in [1.54, 1.807) is 14.2 Å². The van der Waals surface area contributed by atoms with Crippen LogP contribution in [-0.4, -0.2) is 73.1 Å². The number of pyridine rings is 1. The number of ether oxygens (including phenoxy) is 3. The van der Waals surface area contributed by atoms with E-state index in [2.05, 4.69) is 17.4 Å². The number of nitrogens with one attached hydrogen (secondary N) is 1. The molecule has 8 nitrogen and oxygen atoms in total. The number of nitrogens with zero attached hydrogens (tertiary/aromatic N) is 2. The third kappa shape index (κ3) is 6.91. The summed E-state index contributed by atoms with van der Waals surface area (Å²) in [7, 11) is 3.36. The van der Waals surface area contributed by atoms with Gasteiger partial charge in [-0.15, -0.1) is 0 Å². The van der Waals surface area contributed by atoms with Crippen LogP contribution < -0.4 is 10.1 Å². The smallest absolute Gasteiger partial charge is 0.325 e. The highest BCUT2D eigenvalue weighted by Gasteiger charge is 2.43. The van der Waals surface area contributed by atoms with Gasteiger partial charge in [-0.1, -0.05) is 18.6 Å². The Labute approximate surface area is 232 Å². The van der Waals surface area contributed by atoms with Crippen LogP contribution in [0.2, 0.25) is 0 Å². The molecular formula is C31H43N3O5. The minimum Gasteiger partial charge on any atom is -0.496 e. The molecule has 2 atom stereocenters. The van der Waals surface area contributed by atoms with Gasteiger partial charge in [0.1, 0.15) is 17.6 Å². The Morgan fingerprint density at radius 2 is 2.08 bits per heavy atom. The van der Waals surface area contributed by atoms with E-state index in [1.165, 1.54) is 12.0 Å². The number of hydrogen-bond acceptors (Lipinski definition) is 7. The molecule has 8 heteroatoms. The Kier molecular flexibility index (Phi) is 9.05. The van der Waals surface area contributed by atoms with Crippen LogP contribution in [0.3, 0.4) is 0 Å². The molecule has 2 fully saturated rings. The lowest BCUT2D eigenvalue weighted by molar-refractivity contribution is -0.143. The highest BCUT2D eigenvalue weighted by molar-refractivity contribution is 5.77. The second-order valence-corrected chi connectivity index (χ2v) is 11.3. The van der Waals surface area contributed by atoms with Crippen molar-refractivity contribution in [3.8, 4) is 5.75 Å². The fraction of sp³-hybridized carbons (Fsp3) is 0.613. The van der Waals surface area contributed by atoms with Crippen LogP contribution >= 0.6 is 0 Å². The molecule has 1 aliphatic carbocycles. The summed E-state index contributed by atoms with van der Waals surface area (Å²) >= 11 is 0. The Morgan fingerprint density at radius 1 is 1.21 bits per heavy atom. The van der Waals surface area contributed by atoms with Gasteiger partial charge in [0.15, 0.2) is 0 Å². The largest absolute Gasteiger partial charge is 0.496 e. The Bertz CT molecular complexity index is 1140. The number of likely N-dealkylation sites (tertiary alicyclic amines) is 1. The average Bonchev–Trinajstić information content (AvgIpc) is 3.57. The highest BCUT2D eigenvalue weighted by atomic mass is 16.5. The molecule has 1 aromatic heterocycles. The summed E-state index contributed by atoms with van der Waals surface area (Å²) in [5.41, 5.74) is 4.19. The van der Waals surface area contributed by atoms with E-state index in [0.717, 1.165) is 81.4 Å². The van der Waals surface area contributed by atoms with Gasteiger partial charge in [-0.2, -0.15) is 0 Å². The molecule has 1 unspecified atom stereocenters. The number of anilines is 1. The third-order valence-corrected chi connectivity index (χ3v) is 8.51. The Hall–Kier alpha value is -2.68. The molecule has 2 aliphatic heterocycles. The van der Waals surface area contributed by atoms with E-state index in [1.807, 2.05) is 23.1 Å². The molecule has 3 heterocycles. The number of aryl methyl sites for hydroxylation is 2. The number of carboxylic acids is 1. The van der Waals surface area contributed by atoms with Crippen LogP contribution in [0.15, 0.2) is 30.3 Å². The van der Waals surface area contributed by atoms with Crippen LogP contribution in [-0.2, 0) is 33.5 Å². The fourth-order valence-electron chi connectivity index (χ4n) is 6.03. The summed E-state index contributed by atoms with van der Waals surface area (Å²) in [5.74, 6) is 0.825. The van der Waals surface area contributed by atoms with Crippen molar-refractivity contribution >= 4 is 11.8 Å². The quantitative estimate of drug-likeness (QED) is 0.332. The molecule has 2 N–H and O–H groups in total. The zero-order valence-electron chi connectivity index (χ0n) is 23.4. The Balaban J connectivity index is 1.09. The van der Waals surface area contributed by atoms with Crippen molar-refractivity contribution in [2.75, 3.05) is 45.8 Å². The normalized spacial score (nSPS) is 20.7. The summed E-state index contributed by atoms with van der Waals surface area (Å²) in [6, 6.07) is 9.54. The first-order chi connectivity index (χ1) is 19.0. The minimum absolute atomic E-state index is 0.0534. The first kappa shape index (κ1) is 27.9. The van der Waals surface area contributed by atoms with Crippen molar-refractivity contribution in [3.63, 3.8) is 0 Å². The number of methoxy groups -OCH3 is 2. The number of aromatic nitrogens is 1. The number of unbranched alkanes of at least 4 members (excludes halogenated alkanes) is 2. The summed E-state index contributed by atoms with van der Waals surface area (Å²) < 4.78 is 17.5. The zero-order valence-corrected chi connectivity index (χ0v) is 23.4. The number of benzene rings is 1. The van der Waals surface area contributed by atoms with Gasteiger partial charge >= 0.3 is 5.97 Å². The molecule has 1 aromatic carbocycles. The number of hydrogen-bond donors (Lipinski definition) is 2. The molecule has 1 saturated carbocycles. The molecule has 39 heavy (non-hydrogen) atoms. The van der Waals surface area contributed by atoms with Crippen LogP contribution in [0.5, 0.6) is 5.75 Å². The summed E-state index contributed by atoms with van der Waals surface area (Å²) in [6.45, 7) is 3.02. The van der Waals surface area contributed by atoms with Crippen molar-refractivity contribution in [3.05, 3.63) is 52.7 Å². The van der Waals surface area contributed by atoms with Gasteiger partial charge in [0.25, 0.3) is 0 Å². The van der Waals surface area contributed by atoms with Crippen LogP contribution in [0.25, 0.3) is 0 Å². The lowest BCUT2D eigenvalue weighted by Crippen LogP contribution is -2.34. The maximum atomic E-state index is 12.5. The highest BCUT2D eigenvalue weighted by Crippen LogP contribution is 2.43. The number of fused-ring (bicyclic) bond motifs is 1. The van der Waals surface area contributed by atoms with E-state index in [-0.39, 0.29) is 11.7 Å². The maximum absolute atomic E-state index is 12.5. The summed E-state index contributed by atoms with van der Waals surface area (Å²) in [5, 5.41) is 13.6.